The molecule has 0 unspecified atom stereocenters. The van der Waals surface area contributed by atoms with E-state index in [9.17, 15) is 24.3 Å². The molecule has 0 spiro atoms. The van der Waals surface area contributed by atoms with Crippen LogP contribution in [0.4, 0.5) is 5.69 Å². The number of phenols is 1. The average molecular weight is 697 g/mol. The molecule has 246 valence electrons. The summed E-state index contributed by atoms with van der Waals surface area (Å²) in [6, 6.07) is 19.0. The van der Waals surface area contributed by atoms with E-state index in [2.05, 4.69) is 4.98 Å². The fourth-order valence-electron chi connectivity index (χ4n) is 8.56. The van der Waals surface area contributed by atoms with Crippen LogP contribution in [-0.4, -0.2) is 55.4 Å². The Morgan fingerprint density at radius 3 is 2.49 bits per heavy atom. The van der Waals surface area contributed by atoms with E-state index >= 15 is 0 Å². The van der Waals surface area contributed by atoms with E-state index in [1.165, 1.54) is 24.3 Å². The molecule has 49 heavy (non-hydrogen) atoms. The van der Waals surface area contributed by atoms with Crippen molar-refractivity contribution >= 4 is 63.6 Å². The number of oxazole rings is 1. The Bertz CT molecular complexity index is 2190. The number of alkyl halides is 2. The minimum Gasteiger partial charge on any atom is -0.508 e. The quantitative estimate of drug-likeness (QED) is 0.163. The summed E-state index contributed by atoms with van der Waals surface area (Å²) in [4.78, 5) is 58.9. The van der Waals surface area contributed by atoms with E-state index in [1.807, 2.05) is 30.3 Å². The van der Waals surface area contributed by atoms with E-state index in [0.717, 1.165) is 4.90 Å². The van der Waals surface area contributed by atoms with Crippen molar-refractivity contribution in [2.45, 2.75) is 29.0 Å². The van der Waals surface area contributed by atoms with Crippen molar-refractivity contribution in [2.24, 2.45) is 23.7 Å². The number of fused-ring (bicyclic) bond motifs is 6. The SMILES string of the molecule is CN1C(=O)[C@]2(Cl)C[C@@H]3C(=CC[C@@H]4C(=O)N(c5ccc(-c6nc7ccccc7o6)cc5)C(=O)[C@@H]43)[C@H](C3=COc4ccc(O)cc4C3)[C@]2(Cl)C1=O. The molecular weight excluding hydrogens is 669 g/mol. The van der Waals surface area contributed by atoms with Crippen molar-refractivity contribution in [1.29, 1.82) is 0 Å². The molecule has 4 amide bonds. The minimum atomic E-state index is -1.91. The number of hydrogen-bond acceptors (Lipinski definition) is 8. The summed E-state index contributed by atoms with van der Waals surface area (Å²) in [5.74, 6) is -4.17. The van der Waals surface area contributed by atoms with Gasteiger partial charge in [0.2, 0.25) is 17.7 Å². The van der Waals surface area contributed by atoms with Gasteiger partial charge in [0.1, 0.15) is 17.0 Å². The lowest BCUT2D eigenvalue weighted by atomic mass is 9.56. The average Bonchev–Trinajstić information content (AvgIpc) is 3.69. The maximum absolute atomic E-state index is 14.4. The zero-order valence-electron chi connectivity index (χ0n) is 25.9. The third-order valence-corrected chi connectivity index (χ3v) is 12.2. The van der Waals surface area contributed by atoms with E-state index in [-0.39, 0.29) is 30.9 Å². The second-order valence-corrected chi connectivity index (χ2v) is 14.6. The summed E-state index contributed by atoms with van der Waals surface area (Å²) in [5, 5.41) is 10.2. The predicted molar refractivity (Wildman–Crippen MR) is 179 cm³/mol. The summed E-state index contributed by atoms with van der Waals surface area (Å²) in [5.41, 5.74) is 4.37. The highest BCUT2D eigenvalue weighted by Gasteiger charge is 2.76. The van der Waals surface area contributed by atoms with Gasteiger partial charge in [-0.15, -0.1) is 23.2 Å². The number of amides is 4. The number of rotatable bonds is 3. The van der Waals surface area contributed by atoms with Crippen LogP contribution in [0.3, 0.4) is 0 Å². The Labute approximate surface area is 289 Å². The number of aromatic hydroxyl groups is 1. The molecule has 1 saturated carbocycles. The molecule has 9 rings (SSSR count). The second kappa shape index (κ2) is 10.3. The van der Waals surface area contributed by atoms with Gasteiger partial charge in [0.25, 0.3) is 11.8 Å². The number of anilines is 1. The zero-order chi connectivity index (χ0) is 34.0. The van der Waals surface area contributed by atoms with Gasteiger partial charge in [0, 0.05) is 30.5 Å². The number of allylic oxidation sites excluding steroid dienone is 3. The number of likely N-dealkylation sites (tertiary alicyclic amines) is 1. The van der Waals surface area contributed by atoms with Crippen LogP contribution in [0.2, 0.25) is 0 Å². The van der Waals surface area contributed by atoms with Gasteiger partial charge in [0.05, 0.1) is 23.8 Å². The number of phenolic OH excluding ortho intramolecular Hbond substituents is 1. The monoisotopic (exact) mass is 695 g/mol. The summed E-state index contributed by atoms with van der Waals surface area (Å²) in [6.45, 7) is 0. The van der Waals surface area contributed by atoms with Gasteiger partial charge in [0.15, 0.2) is 15.3 Å². The predicted octanol–water partition coefficient (Wildman–Crippen LogP) is 5.75. The van der Waals surface area contributed by atoms with E-state index in [4.69, 9.17) is 32.4 Å². The Hall–Kier alpha value is -4.93. The third kappa shape index (κ3) is 3.98. The van der Waals surface area contributed by atoms with Gasteiger partial charge in [-0.1, -0.05) is 23.8 Å². The van der Waals surface area contributed by atoms with Crippen LogP contribution >= 0.6 is 23.2 Å². The number of ether oxygens (including phenoxy) is 1. The van der Waals surface area contributed by atoms with E-state index < -0.39 is 51.1 Å². The molecule has 3 aromatic carbocycles. The molecule has 0 bridgehead atoms. The highest BCUT2D eigenvalue weighted by Crippen LogP contribution is 2.64. The molecule has 6 atom stereocenters. The van der Waals surface area contributed by atoms with Crippen LogP contribution in [0.1, 0.15) is 18.4 Å². The molecule has 4 heterocycles. The normalized spacial score (nSPS) is 30.4. The highest BCUT2D eigenvalue weighted by molar-refractivity contribution is 6.53. The number of aromatic nitrogens is 1. The summed E-state index contributed by atoms with van der Waals surface area (Å²) >= 11 is 14.6. The van der Waals surface area contributed by atoms with Crippen LogP contribution in [0, 0.1) is 23.7 Å². The number of imide groups is 2. The van der Waals surface area contributed by atoms with Crippen LogP contribution in [-0.2, 0) is 25.6 Å². The first kappa shape index (κ1) is 30.2. The number of para-hydroxylation sites is 2. The fourth-order valence-corrected chi connectivity index (χ4v) is 9.59. The van der Waals surface area contributed by atoms with Gasteiger partial charge in [-0.3, -0.25) is 29.0 Å². The largest absolute Gasteiger partial charge is 0.508 e. The van der Waals surface area contributed by atoms with Crippen molar-refractivity contribution in [3.8, 4) is 23.0 Å². The smallest absolute Gasteiger partial charge is 0.253 e. The number of carbonyl (C=O) groups excluding carboxylic acids is 4. The maximum Gasteiger partial charge on any atom is 0.253 e. The molecule has 4 aromatic rings. The molecule has 1 aromatic heterocycles. The lowest BCUT2D eigenvalue weighted by Gasteiger charge is -2.51. The second-order valence-electron chi connectivity index (χ2n) is 13.3. The van der Waals surface area contributed by atoms with Crippen LogP contribution in [0.5, 0.6) is 11.5 Å². The first-order valence-corrected chi connectivity index (χ1v) is 16.7. The highest BCUT2D eigenvalue weighted by atomic mass is 35.5. The van der Waals surface area contributed by atoms with Crippen LogP contribution < -0.4 is 9.64 Å². The first-order valence-electron chi connectivity index (χ1n) is 15.9. The van der Waals surface area contributed by atoms with Crippen LogP contribution in [0.15, 0.2) is 94.6 Å². The lowest BCUT2D eigenvalue weighted by Crippen LogP contribution is -2.61. The molecule has 10 nitrogen and oxygen atoms in total. The topological polar surface area (TPSA) is 130 Å². The van der Waals surface area contributed by atoms with Gasteiger partial charge in [-0.2, -0.15) is 0 Å². The minimum absolute atomic E-state index is 0.0426. The summed E-state index contributed by atoms with van der Waals surface area (Å²) in [6.07, 6.45) is 3.79. The van der Waals surface area contributed by atoms with Gasteiger partial charge in [-0.05, 0) is 78.9 Å². The molecule has 5 aliphatic rings. The Kier molecular flexibility index (Phi) is 6.33. The van der Waals surface area contributed by atoms with Gasteiger partial charge >= 0.3 is 0 Å². The van der Waals surface area contributed by atoms with Gasteiger partial charge < -0.3 is 14.3 Å². The van der Waals surface area contributed by atoms with Crippen molar-refractivity contribution in [1.82, 2.24) is 9.88 Å². The van der Waals surface area contributed by atoms with Crippen LogP contribution in [0.25, 0.3) is 22.6 Å². The summed E-state index contributed by atoms with van der Waals surface area (Å²) in [7, 11) is 1.35. The zero-order valence-corrected chi connectivity index (χ0v) is 27.4. The maximum atomic E-state index is 14.4. The molecular formula is C37H27Cl2N3O7. The molecule has 2 saturated heterocycles. The van der Waals surface area contributed by atoms with E-state index in [1.54, 1.807) is 36.4 Å². The molecule has 12 heteroatoms. The Morgan fingerprint density at radius 2 is 1.71 bits per heavy atom. The molecule has 2 aliphatic carbocycles. The first-order chi connectivity index (χ1) is 23.5. The number of carbonyl (C=O) groups is 4. The molecule has 3 fully saturated rings. The number of benzene rings is 3. The summed E-state index contributed by atoms with van der Waals surface area (Å²) < 4.78 is 11.8. The van der Waals surface area contributed by atoms with Gasteiger partial charge in [-0.25, -0.2) is 4.98 Å². The third-order valence-electron chi connectivity index (χ3n) is 10.8. The number of nitrogens with zero attached hydrogens (tertiary/aromatic N) is 3. The lowest BCUT2D eigenvalue weighted by molar-refractivity contribution is -0.138. The van der Waals surface area contributed by atoms with E-state index in [0.29, 0.717) is 50.7 Å². The molecule has 1 N–H and O–H groups in total. The number of hydrogen-bond donors (Lipinski definition) is 1. The molecule has 3 aliphatic heterocycles. The molecule has 0 radical (unpaired) electrons. The van der Waals surface area contributed by atoms with Crippen molar-refractivity contribution < 1.29 is 33.4 Å². The van der Waals surface area contributed by atoms with Crippen molar-refractivity contribution in [2.75, 3.05) is 11.9 Å². The standard InChI is InChI=1S/C37H27Cl2N3O7/c1-41-34(46)36(38)16-25-23(30(37(36,39)35(41)47)20-14-19-15-22(43)10-13-27(19)48-17-20)11-12-24-29(25)33(45)42(32(24)44)21-8-6-18(7-9-21)31-40-26-4-2-3-5-28(26)49-31/h2-11,13,15,17,24-25,29-30,43H,12,14,16H2,1H3/t24-,25+,29-,30-,36+,37-/m0/s1. The van der Waals surface area contributed by atoms with Crippen molar-refractivity contribution in [3.05, 3.63) is 95.8 Å². The Morgan fingerprint density at radius 1 is 0.939 bits per heavy atom. The number of halogens is 2. The van der Waals surface area contributed by atoms with Crippen molar-refractivity contribution in [3.63, 3.8) is 0 Å². The fraction of sp³-hybridized carbons (Fsp3) is 0.270. The Balaban J connectivity index is 1.09.